The Morgan fingerprint density at radius 1 is 1.42 bits per heavy atom. The van der Waals surface area contributed by atoms with E-state index in [1.807, 2.05) is 13.8 Å². The second-order valence-corrected chi connectivity index (χ2v) is 5.75. The third-order valence-electron chi connectivity index (χ3n) is 3.51. The molecule has 0 radical (unpaired) electrons. The van der Waals surface area contributed by atoms with E-state index in [0.717, 1.165) is 32.2 Å². The minimum absolute atomic E-state index is 0.0470. The zero-order chi connectivity index (χ0) is 14.5. The molecular weight excluding hydrogens is 242 g/mol. The van der Waals surface area contributed by atoms with Crippen molar-refractivity contribution in [1.82, 2.24) is 15.5 Å². The van der Waals surface area contributed by atoms with Crippen LogP contribution in [0, 0.1) is 0 Å². The molecule has 0 aromatic carbocycles. The van der Waals surface area contributed by atoms with Crippen LogP contribution < -0.4 is 10.6 Å². The fourth-order valence-electron chi connectivity index (χ4n) is 2.76. The van der Waals surface area contributed by atoms with E-state index in [1.54, 1.807) is 11.9 Å². The van der Waals surface area contributed by atoms with Crippen molar-refractivity contribution in [3.8, 4) is 0 Å². The van der Waals surface area contributed by atoms with Crippen molar-refractivity contribution >= 4 is 11.8 Å². The summed E-state index contributed by atoms with van der Waals surface area (Å²) in [5.41, 5.74) is -0.443. The van der Waals surface area contributed by atoms with Crippen LogP contribution in [0.25, 0.3) is 0 Å². The van der Waals surface area contributed by atoms with E-state index in [-0.39, 0.29) is 24.4 Å². The van der Waals surface area contributed by atoms with Crippen LogP contribution in [0.4, 0.5) is 0 Å². The molecule has 2 amide bonds. The minimum atomic E-state index is -0.443. The van der Waals surface area contributed by atoms with Crippen LogP contribution in [-0.2, 0) is 9.59 Å². The van der Waals surface area contributed by atoms with E-state index in [1.165, 1.54) is 0 Å². The van der Waals surface area contributed by atoms with E-state index >= 15 is 0 Å². The van der Waals surface area contributed by atoms with Gasteiger partial charge >= 0.3 is 0 Å². The molecule has 0 aromatic heterocycles. The molecule has 0 spiro atoms. The van der Waals surface area contributed by atoms with Crippen molar-refractivity contribution in [1.29, 1.82) is 0 Å². The van der Waals surface area contributed by atoms with Gasteiger partial charge in [-0.1, -0.05) is 13.3 Å². The van der Waals surface area contributed by atoms with Crippen LogP contribution in [0.2, 0.25) is 0 Å². The summed E-state index contributed by atoms with van der Waals surface area (Å²) >= 11 is 0. The van der Waals surface area contributed by atoms with Gasteiger partial charge in [-0.05, 0) is 39.7 Å². The zero-order valence-electron chi connectivity index (χ0n) is 12.6. The molecule has 1 aliphatic rings. The number of rotatable bonds is 6. The Balaban J connectivity index is 2.61. The van der Waals surface area contributed by atoms with Gasteiger partial charge in [-0.2, -0.15) is 0 Å². The molecule has 0 aromatic rings. The molecule has 2 N–H and O–H groups in total. The molecule has 1 rings (SSSR count). The van der Waals surface area contributed by atoms with Crippen molar-refractivity contribution in [3.63, 3.8) is 0 Å². The first-order valence-electron chi connectivity index (χ1n) is 7.21. The first-order valence-corrected chi connectivity index (χ1v) is 7.21. The Morgan fingerprint density at radius 3 is 2.58 bits per heavy atom. The Morgan fingerprint density at radius 2 is 2.11 bits per heavy atom. The van der Waals surface area contributed by atoms with Crippen LogP contribution in [0.1, 0.15) is 46.5 Å². The number of carbonyl (C=O) groups is 2. The van der Waals surface area contributed by atoms with Crippen LogP contribution in [-0.4, -0.2) is 48.4 Å². The average molecular weight is 269 g/mol. The fourth-order valence-corrected chi connectivity index (χ4v) is 2.76. The number of amides is 2. The second-order valence-electron chi connectivity index (χ2n) is 5.75. The highest BCUT2D eigenvalue weighted by Crippen LogP contribution is 2.26. The van der Waals surface area contributed by atoms with Gasteiger partial charge in [-0.25, -0.2) is 0 Å². The minimum Gasteiger partial charge on any atom is -0.352 e. The van der Waals surface area contributed by atoms with Gasteiger partial charge < -0.3 is 15.5 Å². The molecule has 110 valence electrons. The number of hydrogen-bond donors (Lipinski definition) is 2. The van der Waals surface area contributed by atoms with Crippen LogP contribution >= 0.6 is 0 Å². The van der Waals surface area contributed by atoms with E-state index in [0.29, 0.717) is 0 Å². The number of likely N-dealkylation sites (N-methyl/N-ethyl adjacent to an activating group) is 1. The van der Waals surface area contributed by atoms with E-state index in [2.05, 4.69) is 17.6 Å². The third-order valence-corrected chi connectivity index (χ3v) is 3.51. The highest BCUT2D eigenvalue weighted by molar-refractivity contribution is 5.90. The maximum atomic E-state index is 12.6. The second kappa shape index (κ2) is 6.89. The Hall–Kier alpha value is -1.10. The van der Waals surface area contributed by atoms with Crippen molar-refractivity contribution in [3.05, 3.63) is 0 Å². The molecule has 1 heterocycles. The lowest BCUT2D eigenvalue weighted by Crippen LogP contribution is -2.55. The van der Waals surface area contributed by atoms with Gasteiger partial charge in [-0.15, -0.1) is 0 Å². The molecular formula is C14H27N3O2. The lowest BCUT2D eigenvalue weighted by Gasteiger charge is -2.32. The lowest BCUT2D eigenvalue weighted by molar-refractivity contribution is -0.140. The topological polar surface area (TPSA) is 61.4 Å². The monoisotopic (exact) mass is 269 g/mol. The average Bonchev–Trinajstić information content (AvgIpc) is 2.77. The number of carbonyl (C=O) groups excluding carboxylic acids is 2. The number of nitrogens with one attached hydrogen (secondary N) is 2. The summed E-state index contributed by atoms with van der Waals surface area (Å²) in [6, 6.07) is 0.102. The molecule has 5 heteroatoms. The number of hydrogen-bond acceptors (Lipinski definition) is 3. The molecule has 1 aliphatic heterocycles. The standard InChI is InChI=1S/C14H27N3O2/c1-5-7-14(8-6-9-15-14)13(19)17(4)10-12(18)16-11(2)3/h11,15H,5-10H2,1-4H3,(H,16,18). The summed E-state index contributed by atoms with van der Waals surface area (Å²) in [5.74, 6) is -0.0544. The first-order chi connectivity index (χ1) is 8.91. The SMILES string of the molecule is CCCC1(C(=O)N(C)CC(=O)NC(C)C)CCCN1. The largest absolute Gasteiger partial charge is 0.352 e. The van der Waals surface area contributed by atoms with Gasteiger partial charge in [0.1, 0.15) is 0 Å². The van der Waals surface area contributed by atoms with Gasteiger partial charge in [0.25, 0.3) is 0 Å². The van der Waals surface area contributed by atoms with Crippen LogP contribution in [0.3, 0.4) is 0 Å². The maximum Gasteiger partial charge on any atom is 0.243 e. The predicted molar refractivity (Wildman–Crippen MR) is 75.8 cm³/mol. The van der Waals surface area contributed by atoms with Crippen LogP contribution in [0.5, 0.6) is 0 Å². The van der Waals surface area contributed by atoms with E-state index < -0.39 is 5.54 Å². The van der Waals surface area contributed by atoms with Gasteiger partial charge in [0, 0.05) is 13.1 Å². The highest BCUT2D eigenvalue weighted by Gasteiger charge is 2.41. The van der Waals surface area contributed by atoms with E-state index in [9.17, 15) is 9.59 Å². The summed E-state index contributed by atoms with van der Waals surface area (Å²) in [4.78, 5) is 25.8. The fraction of sp³-hybridized carbons (Fsp3) is 0.857. The Kier molecular flexibility index (Phi) is 5.79. The summed E-state index contributed by atoms with van der Waals surface area (Å²) in [6.07, 6.45) is 3.69. The number of nitrogens with zero attached hydrogens (tertiary/aromatic N) is 1. The van der Waals surface area contributed by atoms with Gasteiger partial charge in [0.15, 0.2) is 0 Å². The molecule has 19 heavy (non-hydrogen) atoms. The van der Waals surface area contributed by atoms with Crippen molar-refractivity contribution in [2.75, 3.05) is 20.1 Å². The third kappa shape index (κ3) is 4.20. The summed E-state index contributed by atoms with van der Waals surface area (Å²) in [7, 11) is 1.71. The molecule has 1 fully saturated rings. The van der Waals surface area contributed by atoms with Gasteiger partial charge in [0.2, 0.25) is 11.8 Å². The van der Waals surface area contributed by atoms with Gasteiger partial charge in [0.05, 0.1) is 12.1 Å². The van der Waals surface area contributed by atoms with Crippen molar-refractivity contribution in [2.45, 2.75) is 58.0 Å². The van der Waals surface area contributed by atoms with Crippen LogP contribution in [0.15, 0.2) is 0 Å². The first kappa shape index (κ1) is 16.0. The van der Waals surface area contributed by atoms with E-state index in [4.69, 9.17) is 0 Å². The maximum absolute atomic E-state index is 12.6. The summed E-state index contributed by atoms with van der Waals surface area (Å²) in [5, 5.41) is 6.15. The quantitative estimate of drug-likeness (QED) is 0.753. The highest BCUT2D eigenvalue weighted by atomic mass is 16.2. The molecule has 0 bridgehead atoms. The molecule has 0 saturated carbocycles. The predicted octanol–water partition coefficient (Wildman–Crippen LogP) is 0.892. The molecule has 5 nitrogen and oxygen atoms in total. The Bertz CT molecular complexity index is 323. The molecule has 1 unspecified atom stereocenters. The van der Waals surface area contributed by atoms with Gasteiger partial charge in [-0.3, -0.25) is 9.59 Å². The molecule has 1 atom stereocenters. The van der Waals surface area contributed by atoms with Crippen molar-refractivity contribution in [2.24, 2.45) is 0 Å². The summed E-state index contributed by atoms with van der Waals surface area (Å²) in [6.45, 7) is 6.93. The Labute approximate surface area is 116 Å². The smallest absolute Gasteiger partial charge is 0.243 e. The summed E-state index contributed by atoms with van der Waals surface area (Å²) < 4.78 is 0. The normalized spacial score (nSPS) is 22.6. The molecule has 1 saturated heterocycles. The lowest BCUT2D eigenvalue weighted by atomic mass is 9.90. The molecule has 0 aliphatic carbocycles. The zero-order valence-corrected chi connectivity index (χ0v) is 12.6. The van der Waals surface area contributed by atoms with Crippen molar-refractivity contribution < 1.29 is 9.59 Å².